The van der Waals surface area contributed by atoms with Crippen molar-refractivity contribution in [3.63, 3.8) is 0 Å². The van der Waals surface area contributed by atoms with Crippen LogP contribution in [-0.2, 0) is 9.59 Å². The van der Waals surface area contributed by atoms with Crippen LogP contribution in [0.25, 0.3) is 0 Å². The Morgan fingerprint density at radius 3 is 2.29 bits per heavy atom. The molecule has 1 unspecified atom stereocenters. The standard InChI is InChI=1S/C13H22F3N3O2/c1-4-12(5-6-17-8-12)11(21)19(9-13(14,15)16)7-10(20)18(2)3/h17H,4-9H2,1-3H3. The van der Waals surface area contributed by atoms with Gasteiger partial charge in [-0.2, -0.15) is 13.2 Å². The third-order valence-electron chi connectivity index (χ3n) is 3.86. The van der Waals surface area contributed by atoms with Crippen LogP contribution in [0.5, 0.6) is 0 Å². The SMILES string of the molecule is CCC1(C(=O)N(CC(=O)N(C)C)CC(F)(F)F)CCNC1. The van der Waals surface area contributed by atoms with Gasteiger partial charge in [-0.15, -0.1) is 0 Å². The van der Waals surface area contributed by atoms with Gasteiger partial charge in [0.15, 0.2) is 0 Å². The average Bonchev–Trinajstić information content (AvgIpc) is 2.85. The van der Waals surface area contributed by atoms with Gasteiger partial charge in [0, 0.05) is 20.6 Å². The molecule has 0 aromatic rings. The van der Waals surface area contributed by atoms with E-state index in [9.17, 15) is 22.8 Å². The number of hydrogen-bond acceptors (Lipinski definition) is 3. The monoisotopic (exact) mass is 309 g/mol. The lowest BCUT2D eigenvalue weighted by atomic mass is 9.82. The first-order chi connectivity index (χ1) is 9.61. The second-order valence-corrected chi connectivity index (χ2v) is 5.63. The van der Waals surface area contributed by atoms with E-state index in [1.54, 1.807) is 6.92 Å². The summed E-state index contributed by atoms with van der Waals surface area (Å²) in [4.78, 5) is 26.1. The van der Waals surface area contributed by atoms with E-state index in [-0.39, 0.29) is 0 Å². The van der Waals surface area contributed by atoms with Gasteiger partial charge in [-0.1, -0.05) is 6.92 Å². The van der Waals surface area contributed by atoms with E-state index in [0.29, 0.717) is 30.8 Å². The second-order valence-electron chi connectivity index (χ2n) is 5.63. The predicted molar refractivity (Wildman–Crippen MR) is 71.5 cm³/mol. The van der Waals surface area contributed by atoms with Crippen LogP contribution >= 0.6 is 0 Å². The minimum Gasteiger partial charge on any atom is -0.347 e. The molecule has 1 aliphatic heterocycles. The van der Waals surface area contributed by atoms with Crippen molar-refractivity contribution in [2.75, 3.05) is 40.3 Å². The van der Waals surface area contributed by atoms with Gasteiger partial charge >= 0.3 is 6.18 Å². The number of carbonyl (C=O) groups is 2. The zero-order valence-corrected chi connectivity index (χ0v) is 12.6. The molecule has 2 amide bonds. The molecule has 0 spiro atoms. The smallest absolute Gasteiger partial charge is 0.347 e. The van der Waals surface area contributed by atoms with Crippen molar-refractivity contribution in [2.45, 2.75) is 25.9 Å². The fourth-order valence-electron chi connectivity index (χ4n) is 2.44. The number of alkyl halides is 3. The summed E-state index contributed by atoms with van der Waals surface area (Å²) in [7, 11) is 2.90. The summed E-state index contributed by atoms with van der Waals surface area (Å²) in [5.74, 6) is -1.12. The molecule has 5 nitrogen and oxygen atoms in total. The Labute approximate surface area is 122 Å². The van der Waals surface area contributed by atoms with E-state index in [4.69, 9.17) is 0 Å². The highest BCUT2D eigenvalue weighted by Gasteiger charge is 2.45. The van der Waals surface area contributed by atoms with Crippen molar-refractivity contribution in [1.29, 1.82) is 0 Å². The summed E-state index contributed by atoms with van der Waals surface area (Å²) in [5.41, 5.74) is -0.835. The molecule has 1 rings (SSSR count). The minimum atomic E-state index is -4.52. The lowest BCUT2D eigenvalue weighted by Gasteiger charge is -2.33. The summed E-state index contributed by atoms with van der Waals surface area (Å²) in [5, 5.41) is 3.01. The molecule has 0 aromatic heterocycles. The van der Waals surface area contributed by atoms with Crippen molar-refractivity contribution < 1.29 is 22.8 Å². The quantitative estimate of drug-likeness (QED) is 0.819. The molecule has 0 aliphatic carbocycles. The van der Waals surface area contributed by atoms with Gasteiger partial charge in [-0.25, -0.2) is 0 Å². The Morgan fingerprint density at radius 2 is 1.90 bits per heavy atom. The lowest BCUT2D eigenvalue weighted by molar-refractivity contribution is -0.169. The summed E-state index contributed by atoms with van der Waals surface area (Å²) in [6.45, 7) is 0.790. The predicted octanol–water partition coefficient (Wildman–Crippen LogP) is 0.855. The molecule has 1 saturated heterocycles. The molecular formula is C13H22F3N3O2. The molecule has 1 fully saturated rings. The number of likely N-dealkylation sites (N-methyl/N-ethyl adjacent to an activating group) is 1. The van der Waals surface area contributed by atoms with Crippen LogP contribution in [0, 0.1) is 5.41 Å². The number of halogens is 3. The highest BCUT2D eigenvalue weighted by molar-refractivity contribution is 5.88. The number of nitrogens with zero attached hydrogens (tertiary/aromatic N) is 2. The first-order valence-corrected chi connectivity index (χ1v) is 6.88. The van der Waals surface area contributed by atoms with E-state index in [0.717, 1.165) is 0 Å². The average molecular weight is 309 g/mol. The van der Waals surface area contributed by atoms with Crippen LogP contribution in [-0.4, -0.2) is 68.1 Å². The molecule has 0 bridgehead atoms. The molecule has 1 aliphatic rings. The van der Waals surface area contributed by atoms with Crippen molar-refractivity contribution in [1.82, 2.24) is 15.1 Å². The van der Waals surface area contributed by atoms with Gasteiger partial charge in [0.05, 0.1) is 5.41 Å². The fourth-order valence-corrected chi connectivity index (χ4v) is 2.44. The van der Waals surface area contributed by atoms with E-state index in [1.165, 1.54) is 19.0 Å². The summed E-state index contributed by atoms with van der Waals surface area (Å²) < 4.78 is 38.1. The van der Waals surface area contributed by atoms with Crippen molar-refractivity contribution in [3.05, 3.63) is 0 Å². The van der Waals surface area contributed by atoms with Gasteiger partial charge in [0.2, 0.25) is 11.8 Å². The Bertz CT molecular complexity index is 391. The summed E-state index contributed by atoms with van der Waals surface area (Å²) in [6, 6.07) is 0. The number of carbonyl (C=O) groups excluding carboxylic acids is 2. The molecule has 8 heteroatoms. The first-order valence-electron chi connectivity index (χ1n) is 6.88. The molecule has 1 heterocycles. The molecular weight excluding hydrogens is 287 g/mol. The Kier molecular flexibility index (Phi) is 5.61. The van der Waals surface area contributed by atoms with Gasteiger partial charge in [0.25, 0.3) is 0 Å². The number of nitrogens with one attached hydrogen (secondary N) is 1. The Balaban J connectivity index is 2.94. The van der Waals surface area contributed by atoms with Gasteiger partial charge in [-0.05, 0) is 19.4 Å². The third-order valence-corrected chi connectivity index (χ3v) is 3.86. The maximum atomic E-state index is 12.7. The van der Waals surface area contributed by atoms with Crippen LogP contribution < -0.4 is 5.32 Å². The normalized spacial score (nSPS) is 22.2. The Morgan fingerprint density at radius 1 is 1.29 bits per heavy atom. The molecule has 1 atom stereocenters. The second kappa shape index (κ2) is 6.64. The number of rotatable bonds is 5. The maximum Gasteiger partial charge on any atom is 0.406 e. The van der Waals surface area contributed by atoms with Crippen molar-refractivity contribution >= 4 is 11.8 Å². The largest absolute Gasteiger partial charge is 0.406 e. The molecule has 21 heavy (non-hydrogen) atoms. The van der Waals surface area contributed by atoms with E-state index < -0.39 is 36.5 Å². The van der Waals surface area contributed by atoms with Crippen molar-refractivity contribution in [3.8, 4) is 0 Å². The molecule has 0 saturated carbocycles. The topological polar surface area (TPSA) is 52.7 Å². The summed E-state index contributed by atoms with van der Waals surface area (Å²) in [6.07, 6.45) is -3.58. The van der Waals surface area contributed by atoms with Gasteiger partial charge in [-0.3, -0.25) is 9.59 Å². The molecule has 0 aromatic carbocycles. The zero-order chi connectivity index (χ0) is 16.3. The maximum absolute atomic E-state index is 12.7. The number of hydrogen-bond donors (Lipinski definition) is 1. The zero-order valence-electron chi connectivity index (χ0n) is 12.6. The fraction of sp³-hybridized carbons (Fsp3) is 0.846. The molecule has 1 N–H and O–H groups in total. The van der Waals surface area contributed by atoms with Crippen LogP contribution in [0.2, 0.25) is 0 Å². The first kappa shape index (κ1) is 17.7. The van der Waals surface area contributed by atoms with Gasteiger partial charge < -0.3 is 15.1 Å². The van der Waals surface area contributed by atoms with Crippen molar-refractivity contribution in [2.24, 2.45) is 5.41 Å². The molecule has 122 valence electrons. The highest BCUT2D eigenvalue weighted by atomic mass is 19.4. The molecule has 0 radical (unpaired) electrons. The van der Waals surface area contributed by atoms with E-state index >= 15 is 0 Å². The van der Waals surface area contributed by atoms with Crippen LogP contribution in [0.4, 0.5) is 13.2 Å². The Hall–Kier alpha value is -1.31. The highest BCUT2D eigenvalue weighted by Crippen LogP contribution is 2.32. The summed E-state index contributed by atoms with van der Waals surface area (Å²) >= 11 is 0. The van der Waals surface area contributed by atoms with E-state index in [2.05, 4.69) is 5.32 Å². The van der Waals surface area contributed by atoms with Gasteiger partial charge in [0.1, 0.15) is 13.1 Å². The lowest BCUT2D eigenvalue weighted by Crippen LogP contribution is -2.51. The van der Waals surface area contributed by atoms with E-state index in [1.807, 2.05) is 0 Å². The van der Waals surface area contributed by atoms with Crippen LogP contribution in [0.15, 0.2) is 0 Å². The van der Waals surface area contributed by atoms with Crippen LogP contribution in [0.1, 0.15) is 19.8 Å². The van der Waals surface area contributed by atoms with Crippen LogP contribution in [0.3, 0.4) is 0 Å². The minimum absolute atomic E-state index is 0.354. The third kappa shape index (κ3) is 4.59. The number of amides is 2.